The Balaban J connectivity index is 0.00000338. The van der Waals surface area contributed by atoms with Gasteiger partial charge in [-0.3, -0.25) is 4.79 Å². The number of nitrogens with one attached hydrogen (secondary N) is 1. The van der Waals surface area contributed by atoms with Crippen molar-refractivity contribution >= 4 is 35.8 Å². The third-order valence-electron chi connectivity index (χ3n) is 4.95. The number of guanidine groups is 1. The number of amides is 1. The van der Waals surface area contributed by atoms with Gasteiger partial charge < -0.3 is 19.7 Å². The van der Waals surface area contributed by atoms with E-state index in [1.165, 1.54) is 37.8 Å². The van der Waals surface area contributed by atoms with Gasteiger partial charge in [-0.15, -0.1) is 24.0 Å². The molecule has 1 amide bonds. The van der Waals surface area contributed by atoms with E-state index < -0.39 is 0 Å². The monoisotopic (exact) mass is 475 g/mol. The van der Waals surface area contributed by atoms with Crippen molar-refractivity contribution < 1.29 is 4.79 Å². The molecule has 1 fully saturated rings. The van der Waals surface area contributed by atoms with Crippen molar-refractivity contribution in [1.82, 2.24) is 19.7 Å². The molecule has 1 aromatic heterocycles. The van der Waals surface area contributed by atoms with Crippen LogP contribution in [0.4, 0.5) is 0 Å². The third-order valence-corrected chi connectivity index (χ3v) is 4.95. The molecule has 1 N–H and O–H groups in total. The first-order valence-corrected chi connectivity index (χ1v) is 9.27. The van der Waals surface area contributed by atoms with Crippen LogP contribution in [0.5, 0.6) is 0 Å². The van der Waals surface area contributed by atoms with E-state index in [0.717, 1.165) is 19.0 Å². The zero-order valence-corrected chi connectivity index (χ0v) is 18.9. The summed E-state index contributed by atoms with van der Waals surface area (Å²) < 4.78 is 2.11. The first-order chi connectivity index (χ1) is 12.0. The Morgan fingerprint density at radius 2 is 1.96 bits per heavy atom. The lowest BCUT2D eigenvalue weighted by Crippen LogP contribution is -2.42. The number of carbonyl (C=O) groups excluding carboxylic acids is 1. The van der Waals surface area contributed by atoms with Crippen molar-refractivity contribution in [2.45, 2.75) is 38.6 Å². The van der Waals surface area contributed by atoms with Crippen LogP contribution in [0.25, 0.3) is 0 Å². The maximum Gasteiger partial charge on any atom is 0.243 e. The summed E-state index contributed by atoms with van der Waals surface area (Å²) in [6, 6.07) is 4.16. The molecule has 0 aliphatic heterocycles. The van der Waals surface area contributed by atoms with Crippen LogP contribution in [0.15, 0.2) is 23.3 Å². The van der Waals surface area contributed by atoms with Crippen molar-refractivity contribution in [2.75, 3.05) is 34.2 Å². The van der Waals surface area contributed by atoms with E-state index in [1.54, 1.807) is 19.0 Å². The molecule has 26 heavy (non-hydrogen) atoms. The average molecular weight is 475 g/mol. The summed E-state index contributed by atoms with van der Waals surface area (Å²) in [6.45, 7) is 1.88. The van der Waals surface area contributed by atoms with Crippen LogP contribution in [0.2, 0.25) is 0 Å². The number of carbonyl (C=O) groups is 1. The van der Waals surface area contributed by atoms with E-state index in [-0.39, 0.29) is 36.4 Å². The number of hydrogen-bond acceptors (Lipinski definition) is 2. The van der Waals surface area contributed by atoms with Crippen LogP contribution >= 0.6 is 24.0 Å². The summed E-state index contributed by atoms with van der Waals surface area (Å²) >= 11 is 0. The van der Waals surface area contributed by atoms with Gasteiger partial charge >= 0.3 is 0 Å². The topological polar surface area (TPSA) is 52.9 Å². The van der Waals surface area contributed by atoms with E-state index in [1.807, 2.05) is 26.4 Å². The highest BCUT2D eigenvalue weighted by Crippen LogP contribution is 2.22. The van der Waals surface area contributed by atoms with Crippen molar-refractivity contribution in [1.29, 1.82) is 0 Å². The Labute approximate surface area is 175 Å². The van der Waals surface area contributed by atoms with Gasteiger partial charge in [-0.1, -0.05) is 19.3 Å². The van der Waals surface area contributed by atoms with Crippen LogP contribution in [0.1, 0.15) is 37.8 Å². The average Bonchev–Trinajstić information content (AvgIpc) is 3.00. The number of likely N-dealkylation sites (N-methyl/N-ethyl adjacent to an activating group) is 1. The molecule has 1 saturated carbocycles. The molecule has 6 nitrogen and oxygen atoms in total. The Bertz CT molecular complexity index is 578. The smallest absolute Gasteiger partial charge is 0.243 e. The maximum atomic E-state index is 11.9. The van der Waals surface area contributed by atoms with E-state index in [2.05, 4.69) is 25.8 Å². The lowest BCUT2D eigenvalue weighted by Gasteiger charge is -2.27. The van der Waals surface area contributed by atoms with Crippen LogP contribution < -0.4 is 5.32 Å². The number of aromatic nitrogens is 1. The van der Waals surface area contributed by atoms with Gasteiger partial charge in [-0.25, -0.2) is 4.99 Å². The lowest BCUT2D eigenvalue weighted by molar-refractivity contribution is -0.127. The van der Waals surface area contributed by atoms with Gasteiger partial charge in [0.25, 0.3) is 0 Å². The second-order valence-electron chi connectivity index (χ2n) is 7.28. The molecular formula is C19H34IN5O. The minimum atomic E-state index is 0. The molecule has 148 valence electrons. The van der Waals surface area contributed by atoms with Gasteiger partial charge in [0.2, 0.25) is 5.91 Å². The van der Waals surface area contributed by atoms with Gasteiger partial charge in [0.1, 0.15) is 6.54 Å². The van der Waals surface area contributed by atoms with Crippen LogP contribution in [0.3, 0.4) is 0 Å². The van der Waals surface area contributed by atoms with Gasteiger partial charge in [0, 0.05) is 46.6 Å². The number of halogens is 1. The summed E-state index contributed by atoms with van der Waals surface area (Å²) in [5, 5.41) is 3.51. The Kier molecular flexibility index (Phi) is 10.0. The molecule has 0 radical (unpaired) electrons. The highest BCUT2D eigenvalue weighted by molar-refractivity contribution is 14.0. The normalized spacial score (nSPS) is 15.3. The molecule has 0 atom stereocenters. The van der Waals surface area contributed by atoms with E-state index in [4.69, 9.17) is 0 Å². The number of rotatable bonds is 6. The van der Waals surface area contributed by atoms with Crippen molar-refractivity contribution in [3.8, 4) is 0 Å². The molecule has 0 spiro atoms. The molecule has 0 unspecified atom stereocenters. The molecule has 2 rings (SSSR count). The molecule has 0 aromatic carbocycles. The van der Waals surface area contributed by atoms with Gasteiger partial charge in [0.15, 0.2) is 5.96 Å². The summed E-state index contributed by atoms with van der Waals surface area (Å²) in [7, 11) is 7.60. The maximum absolute atomic E-state index is 11.9. The van der Waals surface area contributed by atoms with Crippen molar-refractivity contribution in [3.63, 3.8) is 0 Å². The third kappa shape index (κ3) is 7.17. The van der Waals surface area contributed by atoms with Gasteiger partial charge in [-0.05, 0) is 30.9 Å². The minimum absolute atomic E-state index is 0. The van der Waals surface area contributed by atoms with Gasteiger partial charge in [0.05, 0.1) is 6.54 Å². The second-order valence-corrected chi connectivity index (χ2v) is 7.28. The minimum Gasteiger partial charge on any atom is -0.356 e. The largest absolute Gasteiger partial charge is 0.356 e. The first kappa shape index (κ1) is 22.8. The molecule has 1 aromatic rings. The quantitative estimate of drug-likeness (QED) is 0.391. The highest BCUT2D eigenvalue weighted by Gasteiger charge is 2.16. The zero-order valence-electron chi connectivity index (χ0n) is 16.6. The number of aryl methyl sites for hydroxylation is 1. The van der Waals surface area contributed by atoms with E-state index in [9.17, 15) is 4.79 Å². The molecule has 0 bridgehead atoms. The molecule has 7 heteroatoms. The molecule has 1 heterocycles. The number of hydrogen-bond donors (Lipinski definition) is 1. The van der Waals surface area contributed by atoms with Crippen molar-refractivity contribution in [3.05, 3.63) is 24.0 Å². The van der Waals surface area contributed by atoms with Gasteiger partial charge in [-0.2, -0.15) is 0 Å². The molecule has 1 aliphatic rings. The molecule has 1 aliphatic carbocycles. The fraction of sp³-hybridized carbons (Fsp3) is 0.684. The summed E-state index contributed by atoms with van der Waals surface area (Å²) in [5.41, 5.74) is 1.22. The van der Waals surface area contributed by atoms with Crippen molar-refractivity contribution in [2.24, 2.45) is 18.0 Å². The number of nitrogens with zero attached hydrogens (tertiary/aromatic N) is 4. The Morgan fingerprint density at radius 1 is 1.27 bits per heavy atom. The Hall–Kier alpha value is -1.25. The summed E-state index contributed by atoms with van der Waals surface area (Å²) in [4.78, 5) is 20.2. The van der Waals surface area contributed by atoms with E-state index in [0.29, 0.717) is 5.92 Å². The predicted octanol–water partition coefficient (Wildman–Crippen LogP) is 2.69. The standard InChI is InChI=1S/C19H33N5O.HI/c1-22(2)18(25)14-21-19(20-13-16-9-6-5-7-10-16)24(4)15-17-11-8-12-23(17)3;/h8,11-12,16H,5-7,9-10,13-15H2,1-4H3,(H,20,21);1H. The Morgan fingerprint density at radius 3 is 2.54 bits per heavy atom. The fourth-order valence-corrected chi connectivity index (χ4v) is 3.20. The first-order valence-electron chi connectivity index (χ1n) is 9.27. The summed E-state index contributed by atoms with van der Waals surface area (Å²) in [5.74, 6) is 1.54. The van der Waals surface area contributed by atoms with E-state index >= 15 is 0 Å². The molecule has 0 saturated heterocycles. The second kappa shape index (κ2) is 11.5. The lowest BCUT2D eigenvalue weighted by atomic mass is 9.89. The summed E-state index contributed by atoms with van der Waals surface area (Å²) in [6.07, 6.45) is 8.65. The van der Waals surface area contributed by atoms with Crippen LogP contribution in [-0.2, 0) is 18.4 Å². The molecular weight excluding hydrogens is 441 g/mol. The fourth-order valence-electron chi connectivity index (χ4n) is 3.20. The van der Waals surface area contributed by atoms with Crippen LogP contribution in [0, 0.1) is 5.92 Å². The number of aliphatic imine (C=N–C) groups is 1. The highest BCUT2D eigenvalue weighted by atomic mass is 127. The predicted molar refractivity (Wildman–Crippen MR) is 118 cm³/mol. The van der Waals surface area contributed by atoms with Crippen LogP contribution in [-0.4, -0.2) is 60.5 Å². The zero-order chi connectivity index (χ0) is 18.2. The SMILES string of the molecule is CN(C)C(=O)CN=C(NCC1CCCCC1)N(C)Cc1cccn1C.I.